The Hall–Kier alpha value is -1.80. The molecule has 2 unspecified atom stereocenters. The van der Waals surface area contributed by atoms with Crippen molar-refractivity contribution >= 4 is 27.4 Å². The van der Waals surface area contributed by atoms with Crippen molar-refractivity contribution in [1.29, 1.82) is 0 Å². The predicted molar refractivity (Wildman–Crippen MR) is 158 cm³/mol. The Bertz CT molecular complexity index is 1140. The van der Waals surface area contributed by atoms with Crippen LogP contribution >= 0.6 is 10.0 Å². The number of aromatic nitrogens is 3. The van der Waals surface area contributed by atoms with Gasteiger partial charge in [-0.2, -0.15) is 5.10 Å². The quantitative estimate of drug-likeness (QED) is 0.566. The molecule has 4 aliphatic rings. The number of anilines is 1. The second-order valence-corrected chi connectivity index (χ2v) is 16.5. The monoisotopic (exact) mass is 540 g/mol. The summed E-state index contributed by atoms with van der Waals surface area (Å²) in [6.45, 7) is 7.19. The van der Waals surface area contributed by atoms with Crippen molar-refractivity contribution in [3.63, 3.8) is 0 Å². The van der Waals surface area contributed by atoms with Gasteiger partial charge in [-0.25, -0.2) is 19.5 Å². The van der Waals surface area contributed by atoms with Crippen molar-refractivity contribution in [1.82, 2.24) is 19.5 Å². The number of nitrogens with two attached hydrogens (primary N) is 1. The van der Waals surface area contributed by atoms with Crippen molar-refractivity contribution in [2.45, 2.75) is 113 Å². The summed E-state index contributed by atoms with van der Waals surface area (Å²) in [5.74, 6) is 4.16. The number of carbonyl (C=O) groups excluding carboxylic acids is 1. The first-order chi connectivity index (χ1) is 18.5. The summed E-state index contributed by atoms with van der Waals surface area (Å²) in [5, 5.41) is 6.09. The van der Waals surface area contributed by atoms with Gasteiger partial charge in [-0.05, 0) is 81.5 Å². The third-order valence-electron chi connectivity index (χ3n) is 10.0. The van der Waals surface area contributed by atoms with E-state index in [-0.39, 0.29) is 17.3 Å². The molecular formula is C30H48N6OS. The Morgan fingerprint density at radius 3 is 2.55 bits per heavy atom. The number of hydrogen-bond acceptors (Lipinski definition) is 5. The van der Waals surface area contributed by atoms with Crippen LogP contribution in [-0.2, 0) is 4.79 Å². The molecule has 0 aliphatic carbocycles. The Morgan fingerprint density at radius 1 is 1.03 bits per heavy atom. The van der Waals surface area contributed by atoms with Crippen molar-refractivity contribution in [2.75, 3.05) is 36.0 Å². The molecule has 1 amide bonds. The Labute approximate surface area is 230 Å². The molecule has 7 nitrogen and oxygen atoms in total. The molecule has 0 aromatic carbocycles. The lowest BCUT2D eigenvalue weighted by molar-refractivity contribution is -0.134. The Morgan fingerprint density at radius 2 is 1.82 bits per heavy atom. The Kier molecular flexibility index (Phi) is 7.64. The van der Waals surface area contributed by atoms with Crippen molar-refractivity contribution in [3.8, 4) is 0 Å². The van der Waals surface area contributed by atoms with E-state index in [0.29, 0.717) is 5.91 Å². The number of carbonyl (C=O) groups is 1. The number of rotatable bonds is 4. The van der Waals surface area contributed by atoms with Gasteiger partial charge in [0, 0.05) is 43.5 Å². The first-order valence-electron chi connectivity index (χ1n) is 15.4. The molecule has 1 spiro atoms. The van der Waals surface area contributed by atoms with Crippen LogP contribution in [0.1, 0.15) is 101 Å². The molecule has 4 atom stereocenters. The largest absolute Gasteiger partial charge is 0.355 e. The second-order valence-electron chi connectivity index (χ2n) is 12.4. The molecule has 2 aromatic rings. The van der Waals surface area contributed by atoms with Crippen molar-refractivity contribution in [2.24, 2.45) is 5.73 Å². The van der Waals surface area contributed by atoms with Gasteiger partial charge in [0.25, 0.3) is 0 Å². The molecule has 0 saturated carbocycles. The van der Waals surface area contributed by atoms with Crippen LogP contribution in [0.3, 0.4) is 0 Å². The van der Waals surface area contributed by atoms with Crippen LogP contribution in [0.15, 0.2) is 12.3 Å². The minimum Gasteiger partial charge on any atom is -0.355 e. The van der Waals surface area contributed by atoms with Crippen LogP contribution in [-0.4, -0.2) is 73.1 Å². The van der Waals surface area contributed by atoms with Gasteiger partial charge in [-0.3, -0.25) is 4.79 Å². The summed E-state index contributed by atoms with van der Waals surface area (Å²) in [6.07, 6.45) is 16.8. The molecule has 2 N–H and O–H groups in total. The third kappa shape index (κ3) is 4.74. The number of aryl methyl sites for hydroxylation is 1. The van der Waals surface area contributed by atoms with Crippen molar-refractivity contribution < 1.29 is 4.79 Å². The molecule has 0 bridgehead atoms. The van der Waals surface area contributed by atoms with Gasteiger partial charge in [0.2, 0.25) is 5.91 Å². The standard InChI is InChI=1S/C30H48N6OS/c1-3-24-12-13-27(38(24)17-9-5-4-6-10-18-38)30(37)35-15-8-7-11-26(35)25-19-28-32-29(22(2)20-36(28)33-25)34-16-14-23(31)21-34/h19-20,23-24,26-27H,3-18,21,31H2,1-2H3/t23-,24?,26-,27?/m0/s1. The van der Waals surface area contributed by atoms with E-state index in [9.17, 15) is 4.79 Å². The lowest BCUT2D eigenvalue weighted by Gasteiger charge is -2.49. The highest BCUT2D eigenvalue weighted by molar-refractivity contribution is 8.35. The zero-order valence-corrected chi connectivity index (χ0v) is 24.4. The summed E-state index contributed by atoms with van der Waals surface area (Å²) in [6, 6.07) is 2.45. The van der Waals surface area contributed by atoms with E-state index in [4.69, 9.17) is 15.8 Å². The molecule has 6 rings (SSSR count). The smallest absolute Gasteiger partial charge is 0.234 e. The normalized spacial score (nSPS) is 31.0. The maximum atomic E-state index is 14.5. The number of nitrogens with zero attached hydrogens (tertiary/aromatic N) is 5. The highest BCUT2D eigenvalue weighted by Gasteiger charge is 2.49. The van der Waals surface area contributed by atoms with Crippen molar-refractivity contribution in [3.05, 3.63) is 23.5 Å². The first kappa shape index (κ1) is 26.4. The van der Waals surface area contributed by atoms with E-state index in [1.165, 1.54) is 56.5 Å². The number of likely N-dealkylation sites (tertiary alicyclic amines) is 1. The van der Waals surface area contributed by atoms with Crippen LogP contribution < -0.4 is 10.6 Å². The van der Waals surface area contributed by atoms with E-state index in [0.717, 1.165) is 79.7 Å². The summed E-state index contributed by atoms with van der Waals surface area (Å²) in [7, 11) is -0.903. The highest BCUT2D eigenvalue weighted by Crippen LogP contribution is 2.67. The van der Waals surface area contributed by atoms with Gasteiger partial charge < -0.3 is 15.5 Å². The average molecular weight is 541 g/mol. The van der Waals surface area contributed by atoms with Gasteiger partial charge in [-0.15, -0.1) is 0 Å². The average Bonchev–Trinajstić information content (AvgIpc) is 3.62. The zero-order chi connectivity index (χ0) is 26.3. The maximum absolute atomic E-state index is 14.5. The first-order valence-corrected chi connectivity index (χ1v) is 17.5. The zero-order valence-electron chi connectivity index (χ0n) is 23.6. The topological polar surface area (TPSA) is 79.8 Å². The van der Waals surface area contributed by atoms with Gasteiger partial charge in [0.1, 0.15) is 5.82 Å². The van der Waals surface area contributed by atoms with Gasteiger partial charge in [-0.1, -0.05) is 26.2 Å². The van der Waals surface area contributed by atoms with E-state index >= 15 is 0 Å². The summed E-state index contributed by atoms with van der Waals surface area (Å²) >= 11 is 0. The van der Waals surface area contributed by atoms with Gasteiger partial charge in [0.15, 0.2) is 5.65 Å². The number of amides is 1. The third-order valence-corrected chi connectivity index (χ3v) is 15.6. The molecule has 4 aliphatic heterocycles. The maximum Gasteiger partial charge on any atom is 0.234 e. The fourth-order valence-electron chi connectivity index (χ4n) is 8.06. The highest BCUT2D eigenvalue weighted by atomic mass is 32.3. The van der Waals surface area contributed by atoms with E-state index < -0.39 is 10.0 Å². The van der Waals surface area contributed by atoms with Crippen LogP contribution in [0.25, 0.3) is 5.65 Å². The van der Waals surface area contributed by atoms with Crippen LogP contribution in [0, 0.1) is 6.92 Å². The number of piperidine rings is 1. The molecule has 210 valence electrons. The fraction of sp³-hybridized carbons (Fsp3) is 0.767. The lowest BCUT2D eigenvalue weighted by atomic mass is 9.98. The number of fused-ring (bicyclic) bond motifs is 1. The lowest BCUT2D eigenvalue weighted by Crippen LogP contribution is -2.46. The molecule has 4 fully saturated rings. The van der Waals surface area contributed by atoms with E-state index in [1.807, 2.05) is 4.52 Å². The molecular weight excluding hydrogens is 492 g/mol. The predicted octanol–water partition coefficient (Wildman–Crippen LogP) is 5.34. The van der Waals surface area contributed by atoms with Crippen LogP contribution in [0.2, 0.25) is 0 Å². The molecule has 38 heavy (non-hydrogen) atoms. The molecule has 2 aromatic heterocycles. The van der Waals surface area contributed by atoms with Crippen LogP contribution in [0.5, 0.6) is 0 Å². The minimum absolute atomic E-state index is 0.0765. The molecule has 0 radical (unpaired) electrons. The van der Waals surface area contributed by atoms with Gasteiger partial charge in [0.05, 0.1) is 17.0 Å². The number of hydrogen-bond donors (Lipinski definition) is 1. The molecule has 4 saturated heterocycles. The summed E-state index contributed by atoms with van der Waals surface area (Å²) < 4.78 is 1.94. The Balaban J connectivity index is 1.29. The SMILES string of the molecule is CCC1CCC(C(=O)N2CCCC[C@H]2c2cc3nc(N4CC[C@H](N)C4)c(C)cn3n2)S12CCCCCCC2. The minimum atomic E-state index is -0.903. The van der Waals surface area contributed by atoms with Gasteiger partial charge >= 0.3 is 0 Å². The fourth-order valence-corrected chi connectivity index (χ4v) is 13.9. The summed E-state index contributed by atoms with van der Waals surface area (Å²) in [5.41, 5.74) is 9.22. The van der Waals surface area contributed by atoms with E-state index in [2.05, 4.69) is 35.9 Å². The summed E-state index contributed by atoms with van der Waals surface area (Å²) in [4.78, 5) is 24.1. The molecule has 6 heterocycles. The van der Waals surface area contributed by atoms with Crippen LogP contribution in [0.4, 0.5) is 5.82 Å². The van der Waals surface area contributed by atoms with E-state index in [1.54, 1.807) is 0 Å². The second kappa shape index (κ2) is 11.0. The molecule has 8 heteroatoms.